The van der Waals surface area contributed by atoms with Crippen LogP contribution in [0, 0.1) is 5.92 Å². The molecule has 0 saturated carbocycles. The Morgan fingerprint density at radius 2 is 2.05 bits per heavy atom. The molecule has 7 heteroatoms. The molecular weight excluding hydrogens is 302 g/mol. The number of sulfone groups is 1. The van der Waals surface area contributed by atoms with Crippen molar-refractivity contribution in [2.45, 2.75) is 37.9 Å². The van der Waals surface area contributed by atoms with Crippen LogP contribution in [-0.2, 0) is 14.6 Å². The molecule has 0 aromatic rings. The van der Waals surface area contributed by atoms with Gasteiger partial charge in [-0.15, -0.1) is 0 Å². The van der Waals surface area contributed by atoms with E-state index in [0.29, 0.717) is 13.1 Å². The summed E-state index contributed by atoms with van der Waals surface area (Å²) in [7, 11) is -1.25. The number of ether oxygens (including phenoxy) is 1. The molecule has 128 valence electrons. The lowest BCUT2D eigenvalue weighted by atomic mass is 9.97. The van der Waals surface area contributed by atoms with Gasteiger partial charge < -0.3 is 15.0 Å². The Kier molecular flexibility index (Phi) is 5.71. The van der Waals surface area contributed by atoms with Crippen molar-refractivity contribution in [2.75, 3.05) is 45.6 Å². The first-order valence-corrected chi connectivity index (χ1v) is 9.76. The summed E-state index contributed by atoms with van der Waals surface area (Å²) in [5.74, 6) is 1.73. The van der Waals surface area contributed by atoms with Crippen LogP contribution in [0.25, 0.3) is 0 Å². The summed E-state index contributed by atoms with van der Waals surface area (Å²) >= 11 is 0. The third kappa shape index (κ3) is 4.13. The minimum absolute atomic E-state index is 0.195. The molecule has 0 aliphatic carbocycles. The van der Waals surface area contributed by atoms with Gasteiger partial charge in [0.15, 0.2) is 15.8 Å². The second-order valence-electron chi connectivity index (χ2n) is 6.82. The topological polar surface area (TPSA) is 71.0 Å². The van der Waals surface area contributed by atoms with E-state index in [2.05, 4.69) is 15.2 Å². The molecule has 0 amide bonds. The maximum atomic E-state index is 12.1. The van der Waals surface area contributed by atoms with E-state index >= 15 is 0 Å². The van der Waals surface area contributed by atoms with Crippen LogP contribution in [-0.4, -0.2) is 69.7 Å². The molecule has 0 aromatic heterocycles. The number of nitrogens with one attached hydrogen (secondary N) is 1. The quantitative estimate of drug-likeness (QED) is 0.614. The summed E-state index contributed by atoms with van der Waals surface area (Å²) in [6.45, 7) is 7.22. The highest BCUT2D eigenvalue weighted by molar-refractivity contribution is 7.92. The summed E-state index contributed by atoms with van der Waals surface area (Å²) in [6, 6.07) is 0. The average Bonchev–Trinajstić information content (AvgIpc) is 2.48. The number of guanidine groups is 1. The predicted octanol–water partition coefficient (Wildman–Crippen LogP) is 0.888. The highest BCUT2D eigenvalue weighted by Crippen LogP contribution is 2.23. The average molecular weight is 331 g/mol. The Balaban J connectivity index is 1.84. The minimum Gasteiger partial charge on any atom is -0.381 e. The van der Waals surface area contributed by atoms with Crippen LogP contribution in [0.15, 0.2) is 4.99 Å². The Labute approximate surface area is 134 Å². The molecule has 2 rings (SSSR count). The molecule has 0 radical (unpaired) electrons. The number of hydrogen-bond acceptors (Lipinski definition) is 4. The summed E-state index contributed by atoms with van der Waals surface area (Å²) < 4.78 is 28.8. The van der Waals surface area contributed by atoms with Crippen molar-refractivity contribution in [3.8, 4) is 0 Å². The lowest BCUT2D eigenvalue weighted by Gasteiger charge is -2.39. The summed E-state index contributed by atoms with van der Waals surface area (Å²) in [6.07, 6.45) is 3.38. The zero-order chi connectivity index (χ0) is 16.2. The third-order valence-electron chi connectivity index (χ3n) is 4.73. The monoisotopic (exact) mass is 331 g/mol. The molecule has 2 aliphatic rings. The summed E-state index contributed by atoms with van der Waals surface area (Å²) in [4.78, 5) is 6.38. The van der Waals surface area contributed by atoms with E-state index in [1.165, 1.54) is 0 Å². The van der Waals surface area contributed by atoms with Gasteiger partial charge in [-0.25, -0.2) is 8.42 Å². The first kappa shape index (κ1) is 17.5. The van der Waals surface area contributed by atoms with Crippen molar-refractivity contribution >= 4 is 15.8 Å². The summed E-state index contributed by atoms with van der Waals surface area (Å²) in [5, 5.41) is 3.39. The molecular formula is C15H29N3O3S. The van der Waals surface area contributed by atoms with Gasteiger partial charge in [0.2, 0.25) is 0 Å². The van der Waals surface area contributed by atoms with Gasteiger partial charge in [-0.2, -0.15) is 0 Å². The van der Waals surface area contributed by atoms with Gasteiger partial charge in [0.1, 0.15) is 0 Å². The van der Waals surface area contributed by atoms with Gasteiger partial charge >= 0.3 is 0 Å². The number of hydrogen-bond donors (Lipinski definition) is 1. The fourth-order valence-electron chi connectivity index (χ4n) is 3.08. The van der Waals surface area contributed by atoms with E-state index in [-0.39, 0.29) is 5.75 Å². The first-order valence-electron chi connectivity index (χ1n) is 8.11. The molecule has 22 heavy (non-hydrogen) atoms. The predicted molar refractivity (Wildman–Crippen MR) is 89.0 cm³/mol. The lowest BCUT2D eigenvalue weighted by Crippen LogP contribution is -2.57. The molecule has 1 N–H and O–H groups in total. The Morgan fingerprint density at radius 3 is 2.64 bits per heavy atom. The summed E-state index contributed by atoms with van der Waals surface area (Å²) in [5.41, 5.74) is 0. The first-order chi connectivity index (χ1) is 10.4. The smallest absolute Gasteiger partial charge is 0.193 e. The van der Waals surface area contributed by atoms with Gasteiger partial charge in [-0.3, -0.25) is 4.99 Å². The molecule has 2 saturated heterocycles. The van der Waals surface area contributed by atoms with Gasteiger partial charge in [-0.05, 0) is 39.0 Å². The standard InChI is InChI=1S/C15H29N3O3S/c1-15(2)12-18(8-11-22(15,19)20)14(16-3)17-7-4-13-5-9-21-10-6-13/h13H,4-12H2,1-3H3,(H,16,17). The van der Waals surface area contributed by atoms with Crippen LogP contribution < -0.4 is 5.32 Å². The van der Waals surface area contributed by atoms with Crippen molar-refractivity contribution in [2.24, 2.45) is 10.9 Å². The molecule has 0 aromatic carbocycles. The molecule has 0 bridgehead atoms. The van der Waals surface area contributed by atoms with Crippen LogP contribution in [0.4, 0.5) is 0 Å². The fraction of sp³-hybridized carbons (Fsp3) is 0.933. The molecule has 2 fully saturated rings. The number of rotatable bonds is 3. The Morgan fingerprint density at radius 1 is 1.36 bits per heavy atom. The zero-order valence-electron chi connectivity index (χ0n) is 14.0. The molecule has 6 nitrogen and oxygen atoms in total. The van der Waals surface area contributed by atoms with E-state index in [1.54, 1.807) is 20.9 Å². The van der Waals surface area contributed by atoms with Crippen molar-refractivity contribution < 1.29 is 13.2 Å². The second-order valence-corrected chi connectivity index (χ2v) is 9.56. The van der Waals surface area contributed by atoms with Gasteiger partial charge in [0.25, 0.3) is 0 Å². The van der Waals surface area contributed by atoms with E-state index in [1.807, 2.05) is 0 Å². The normalized spacial score (nSPS) is 26.0. The number of nitrogens with zero attached hydrogens (tertiary/aromatic N) is 2. The van der Waals surface area contributed by atoms with Crippen molar-refractivity contribution in [1.29, 1.82) is 0 Å². The lowest BCUT2D eigenvalue weighted by molar-refractivity contribution is 0.0642. The molecule has 0 atom stereocenters. The van der Waals surface area contributed by atoms with Crippen LogP contribution in [0.3, 0.4) is 0 Å². The van der Waals surface area contributed by atoms with Crippen LogP contribution in [0.2, 0.25) is 0 Å². The fourth-order valence-corrected chi connectivity index (χ4v) is 4.45. The Hall–Kier alpha value is -0.820. The third-order valence-corrected chi connectivity index (χ3v) is 7.26. The molecule has 0 unspecified atom stereocenters. The second kappa shape index (κ2) is 7.17. The van der Waals surface area contributed by atoms with Gasteiger partial charge in [0.05, 0.1) is 10.5 Å². The highest BCUT2D eigenvalue weighted by atomic mass is 32.2. The number of aliphatic imine (C=N–C) groups is 1. The van der Waals surface area contributed by atoms with Crippen molar-refractivity contribution in [1.82, 2.24) is 10.2 Å². The van der Waals surface area contributed by atoms with Gasteiger partial charge in [0, 0.05) is 39.9 Å². The van der Waals surface area contributed by atoms with E-state index in [4.69, 9.17) is 4.74 Å². The van der Waals surface area contributed by atoms with E-state index < -0.39 is 14.6 Å². The van der Waals surface area contributed by atoms with Crippen molar-refractivity contribution in [3.05, 3.63) is 0 Å². The molecule has 2 heterocycles. The van der Waals surface area contributed by atoms with Crippen LogP contribution in [0.1, 0.15) is 33.1 Å². The van der Waals surface area contributed by atoms with Gasteiger partial charge in [-0.1, -0.05) is 0 Å². The maximum absolute atomic E-state index is 12.1. The SMILES string of the molecule is CN=C(NCCC1CCOCC1)N1CCS(=O)(=O)C(C)(C)C1. The largest absolute Gasteiger partial charge is 0.381 e. The Bertz CT molecular complexity index is 496. The van der Waals surface area contributed by atoms with E-state index in [9.17, 15) is 8.42 Å². The molecule has 2 aliphatic heterocycles. The van der Waals surface area contributed by atoms with Crippen LogP contribution in [0.5, 0.6) is 0 Å². The zero-order valence-corrected chi connectivity index (χ0v) is 14.8. The van der Waals surface area contributed by atoms with Crippen LogP contribution >= 0.6 is 0 Å². The minimum atomic E-state index is -3.01. The maximum Gasteiger partial charge on any atom is 0.193 e. The van der Waals surface area contributed by atoms with Crippen molar-refractivity contribution in [3.63, 3.8) is 0 Å². The molecule has 0 spiro atoms. The van der Waals surface area contributed by atoms with E-state index in [0.717, 1.165) is 50.9 Å². The highest BCUT2D eigenvalue weighted by Gasteiger charge is 2.40.